The molecule has 2 amide bonds. The number of rotatable bonds is 5. The number of nitrogens with zero attached hydrogens (tertiary/aromatic N) is 1. The first-order chi connectivity index (χ1) is 13.4. The first-order valence-electron chi connectivity index (χ1n) is 9.67. The van der Waals surface area contributed by atoms with Crippen LogP contribution in [-0.2, 0) is 16.0 Å². The molecular formula is C23H26N2O3. The van der Waals surface area contributed by atoms with E-state index in [0.29, 0.717) is 43.6 Å². The van der Waals surface area contributed by atoms with E-state index in [-0.39, 0.29) is 23.5 Å². The molecule has 0 aromatic heterocycles. The lowest BCUT2D eigenvalue weighted by atomic mass is 9.95. The number of nitrogens with one attached hydrogen (secondary N) is 1. The van der Waals surface area contributed by atoms with Crippen LogP contribution >= 0.6 is 0 Å². The summed E-state index contributed by atoms with van der Waals surface area (Å²) in [7, 11) is 0. The fourth-order valence-corrected chi connectivity index (χ4v) is 3.42. The van der Waals surface area contributed by atoms with E-state index < -0.39 is 0 Å². The molecule has 0 radical (unpaired) electrons. The van der Waals surface area contributed by atoms with Crippen molar-refractivity contribution in [1.29, 1.82) is 0 Å². The monoisotopic (exact) mass is 378 g/mol. The van der Waals surface area contributed by atoms with Gasteiger partial charge in [0.2, 0.25) is 11.8 Å². The number of hydrogen-bond acceptors (Lipinski definition) is 3. The van der Waals surface area contributed by atoms with Crippen molar-refractivity contribution < 1.29 is 14.4 Å². The van der Waals surface area contributed by atoms with Crippen molar-refractivity contribution >= 4 is 23.3 Å². The Kier molecular flexibility index (Phi) is 6.24. The zero-order valence-electron chi connectivity index (χ0n) is 16.4. The van der Waals surface area contributed by atoms with Crippen LogP contribution in [0.25, 0.3) is 0 Å². The fraction of sp³-hybridized carbons (Fsp3) is 0.348. The van der Waals surface area contributed by atoms with Crippen molar-refractivity contribution in [3.8, 4) is 0 Å². The molecule has 0 saturated carbocycles. The van der Waals surface area contributed by atoms with Crippen molar-refractivity contribution in [2.24, 2.45) is 5.92 Å². The van der Waals surface area contributed by atoms with Crippen molar-refractivity contribution in [1.82, 2.24) is 4.90 Å². The number of ketones is 1. The van der Waals surface area contributed by atoms with Gasteiger partial charge in [-0.05, 0) is 56.5 Å². The Morgan fingerprint density at radius 2 is 1.57 bits per heavy atom. The maximum Gasteiger partial charge on any atom is 0.227 e. The predicted molar refractivity (Wildman–Crippen MR) is 109 cm³/mol. The average molecular weight is 378 g/mol. The van der Waals surface area contributed by atoms with Crippen molar-refractivity contribution in [2.75, 3.05) is 18.4 Å². The number of hydrogen-bond donors (Lipinski definition) is 1. The zero-order valence-corrected chi connectivity index (χ0v) is 16.4. The highest BCUT2D eigenvalue weighted by molar-refractivity contribution is 5.96. The Morgan fingerprint density at radius 3 is 2.14 bits per heavy atom. The van der Waals surface area contributed by atoms with Crippen molar-refractivity contribution in [2.45, 2.75) is 33.1 Å². The average Bonchev–Trinajstić information content (AvgIpc) is 2.70. The molecule has 0 aliphatic carbocycles. The van der Waals surface area contributed by atoms with Gasteiger partial charge in [-0.15, -0.1) is 0 Å². The molecule has 1 heterocycles. The quantitative estimate of drug-likeness (QED) is 0.808. The number of carbonyl (C=O) groups is 3. The van der Waals surface area contributed by atoms with E-state index in [2.05, 4.69) is 5.32 Å². The number of Topliss-reactive ketones (excluding diaryl/α,β-unsaturated/α-hetero) is 1. The van der Waals surface area contributed by atoms with Gasteiger partial charge in [-0.1, -0.05) is 29.8 Å². The summed E-state index contributed by atoms with van der Waals surface area (Å²) in [6.45, 7) is 4.75. The van der Waals surface area contributed by atoms with Gasteiger partial charge in [0.25, 0.3) is 0 Å². The lowest BCUT2D eigenvalue weighted by molar-refractivity contribution is -0.133. The van der Waals surface area contributed by atoms with Gasteiger partial charge in [-0.25, -0.2) is 0 Å². The van der Waals surface area contributed by atoms with Crippen LogP contribution in [0, 0.1) is 12.8 Å². The van der Waals surface area contributed by atoms with E-state index in [0.717, 1.165) is 5.56 Å². The number of benzene rings is 2. The minimum absolute atomic E-state index is 0.000512. The van der Waals surface area contributed by atoms with E-state index >= 15 is 0 Å². The van der Waals surface area contributed by atoms with E-state index in [1.807, 2.05) is 36.1 Å². The SMILES string of the molecule is CC(=O)c1ccc(NC(=O)C2CCN(C(=O)Cc3ccc(C)cc3)CC2)cc1. The molecule has 3 rings (SSSR count). The van der Waals surface area contributed by atoms with Gasteiger partial charge in [0.1, 0.15) is 0 Å². The number of piperidine rings is 1. The Hall–Kier alpha value is -2.95. The minimum atomic E-state index is -0.101. The lowest BCUT2D eigenvalue weighted by Gasteiger charge is -2.31. The molecule has 5 heteroatoms. The summed E-state index contributed by atoms with van der Waals surface area (Å²) in [4.78, 5) is 38.2. The molecule has 0 atom stereocenters. The zero-order chi connectivity index (χ0) is 20.1. The molecule has 146 valence electrons. The molecule has 1 aliphatic rings. The van der Waals surface area contributed by atoms with Crippen LogP contribution < -0.4 is 5.32 Å². The molecule has 0 spiro atoms. The predicted octanol–water partition coefficient (Wildman–Crippen LogP) is 3.62. The van der Waals surface area contributed by atoms with E-state index in [1.165, 1.54) is 12.5 Å². The Morgan fingerprint density at radius 1 is 0.964 bits per heavy atom. The third-order valence-corrected chi connectivity index (χ3v) is 5.25. The van der Waals surface area contributed by atoms with Crippen LogP contribution in [0.5, 0.6) is 0 Å². The minimum Gasteiger partial charge on any atom is -0.342 e. The van der Waals surface area contributed by atoms with Gasteiger partial charge in [-0.3, -0.25) is 14.4 Å². The molecule has 0 unspecified atom stereocenters. The van der Waals surface area contributed by atoms with Crippen LogP contribution in [-0.4, -0.2) is 35.6 Å². The van der Waals surface area contributed by atoms with E-state index in [1.54, 1.807) is 24.3 Å². The molecule has 1 N–H and O–H groups in total. The van der Waals surface area contributed by atoms with Gasteiger partial charge in [0, 0.05) is 30.3 Å². The third-order valence-electron chi connectivity index (χ3n) is 5.25. The second-order valence-corrected chi connectivity index (χ2v) is 7.44. The summed E-state index contributed by atoms with van der Waals surface area (Å²) < 4.78 is 0. The fourth-order valence-electron chi connectivity index (χ4n) is 3.42. The smallest absolute Gasteiger partial charge is 0.227 e. The summed E-state index contributed by atoms with van der Waals surface area (Å²) in [5.41, 5.74) is 3.51. The molecule has 0 bridgehead atoms. The molecule has 2 aromatic rings. The molecule has 28 heavy (non-hydrogen) atoms. The van der Waals surface area contributed by atoms with E-state index in [9.17, 15) is 14.4 Å². The Labute approximate surface area is 165 Å². The highest BCUT2D eigenvalue weighted by atomic mass is 16.2. The van der Waals surface area contributed by atoms with E-state index in [4.69, 9.17) is 0 Å². The maximum absolute atomic E-state index is 12.5. The summed E-state index contributed by atoms with van der Waals surface area (Å²) in [6.07, 6.45) is 1.73. The number of amides is 2. The van der Waals surface area contributed by atoms with Crippen LogP contribution in [0.4, 0.5) is 5.69 Å². The van der Waals surface area contributed by atoms with Crippen LogP contribution in [0.2, 0.25) is 0 Å². The third kappa shape index (κ3) is 5.06. The first-order valence-corrected chi connectivity index (χ1v) is 9.67. The van der Waals surface area contributed by atoms with Crippen LogP contribution in [0.1, 0.15) is 41.3 Å². The number of carbonyl (C=O) groups excluding carboxylic acids is 3. The van der Waals surface area contributed by atoms with Gasteiger partial charge in [0.05, 0.1) is 6.42 Å². The van der Waals surface area contributed by atoms with Gasteiger partial charge < -0.3 is 10.2 Å². The van der Waals surface area contributed by atoms with Crippen molar-refractivity contribution in [3.05, 3.63) is 65.2 Å². The highest BCUT2D eigenvalue weighted by Gasteiger charge is 2.27. The Balaban J connectivity index is 1.48. The molecule has 2 aromatic carbocycles. The van der Waals surface area contributed by atoms with Gasteiger partial charge >= 0.3 is 0 Å². The van der Waals surface area contributed by atoms with Gasteiger partial charge in [0.15, 0.2) is 5.78 Å². The number of likely N-dealkylation sites (tertiary alicyclic amines) is 1. The highest BCUT2D eigenvalue weighted by Crippen LogP contribution is 2.21. The molecule has 5 nitrogen and oxygen atoms in total. The number of aryl methyl sites for hydroxylation is 1. The topological polar surface area (TPSA) is 66.5 Å². The maximum atomic E-state index is 12.5. The normalized spacial score (nSPS) is 14.6. The molecular weight excluding hydrogens is 352 g/mol. The molecule has 1 aliphatic heterocycles. The Bertz CT molecular complexity index is 848. The number of anilines is 1. The summed E-state index contributed by atoms with van der Waals surface area (Å²) in [6, 6.07) is 14.9. The standard InChI is InChI=1S/C23H26N2O3/c1-16-3-5-18(6-4-16)15-22(27)25-13-11-20(12-14-25)23(28)24-21-9-7-19(8-10-21)17(2)26/h3-10,20H,11-15H2,1-2H3,(H,24,28). The molecule has 1 fully saturated rings. The lowest BCUT2D eigenvalue weighted by Crippen LogP contribution is -2.42. The summed E-state index contributed by atoms with van der Waals surface area (Å²) in [5, 5.41) is 2.91. The van der Waals surface area contributed by atoms with Crippen LogP contribution in [0.3, 0.4) is 0 Å². The summed E-state index contributed by atoms with van der Waals surface area (Å²) in [5.74, 6) is -0.0137. The first kappa shape index (κ1) is 19.8. The van der Waals surface area contributed by atoms with Crippen LogP contribution in [0.15, 0.2) is 48.5 Å². The second kappa shape index (κ2) is 8.83. The largest absolute Gasteiger partial charge is 0.342 e. The van der Waals surface area contributed by atoms with Crippen molar-refractivity contribution in [3.63, 3.8) is 0 Å². The summed E-state index contributed by atoms with van der Waals surface area (Å²) >= 11 is 0. The van der Waals surface area contributed by atoms with Gasteiger partial charge in [-0.2, -0.15) is 0 Å². The molecule has 1 saturated heterocycles. The second-order valence-electron chi connectivity index (χ2n) is 7.44.